The summed E-state index contributed by atoms with van der Waals surface area (Å²) in [5.74, 6) is 0.305. The molecule has 0 spiro atoms. The number of aryl methyl sites for hydroxylation is 2. The molecule has 3 rings (SSSR count). The second-order valence-corrected chi connectivity index (χ2v) is 5.32. The summed E-state index contributed by atoms with van der Waals surface area (Å²) >= 11 is 0. The van der Waals surface area contributed by atoms with Crippen LogP contribution >= 0.6 is 0 Å². The molecule has 114 valence electrons. The van der Waals surface area contributed by atoms with Gasteiger partial charge in [0, 0.05) is 18.2 Å². The molecule has 1 aliphatic heterocycles. The molecular formula is C16H18N4O2. The van der Waals surface area contributed by atoms with Crippen molar-refractivity contribution in [3.63, 3.8) is 0 Å². The molecule has 2 heterocycles. The van der Waals surface area contributed by atoms with Gasteiger partial charge in [0.15, 0.2) is 0 Å². The van der Waals surface area contributed by atoms with Gasteiger partial charge in [-0.3, -0.25) is 9.48 Å². The smallest absolute Gasteiger partial charge is 0.243 e. The van der Waals surface area contributed by atoms with Crippen molar-refractivity contribution in [2.24, 2.45) is 5.10 Å². The zero-order chi connectivity index (χ0) is 15.7. The molecule has 0 bridgehead atoms. The van der Waals surface area contributed by atoms with Crippen molar-refractivity contribution < 1.29 is 9.53 Å². The highest BCUT2D eigenvalue weighted by atomic mass is 16.5. The predicted molar refractivity (Wildman–Crippen MR) is 82.1 cm³/mol. The molecule has 0 N–H and O–H groups in total. The Bertz CT molecular complexity index is 721. The van der Waals surface area contributed by atoms with Crippen LogP contribution in [0.15, 0.2) is 41.5 Å². The third-order valence-electron chi connectivity index (χ3n) is 3.49. The standard InChI is InChI=1S/C16H18N4O2/c1-11-9-12(2)19(17-11)10-15-20(13(3)21)18-16(22-15)14-7-5-4-6-8-14/h4-9,15H,10H2,1-3H3. The fraction of sp³-hybridized carbons (Fsp3) is 0.312. The molecule has 0 aliphatic carbocycles. The van der Waals surface area contributed by atoms with E-state index in [1.165, 1.54) is 11.9 Å². The maximum Gasteiger partial charge on any atom is 0.243 e. The summed E-state index contributed by atoms with van der Waals surface area (Å²) in [4.78, 5) is 11.8. The first kappa shape index (κ1) is 14.3. The lowest BCUT2D eigenvalue weighted by molar-refractivity contribution is -0.135. The van der Waals surface area contributed by atoms with Crippen LogP contribution in [0.1, 0.15) is 23.9 Å². The molecule has 0 saturated heterocycles. The summed E-state index contributed by atoms with van der Waals surface area (Å²) in [6, 6.07) is 11.5. The first-order chi connectivity index (χ1) is 10.5. The lowest BCUT2D eigenvalue weighted by Gasteiger charge is -2.19. The van der Waals surface area contributed by atoms with E-state index in [9.17, 15) is 4.79 Å². The number of hydrogen-bond donors (Lipinski definition) is 0. The van der Waals surface area contributed by atoms with Crippen molar-refractivity contribution in [3.8, 4) is 0 Å². The Labute approximate surface area is 129 Å². The normalized spacial score (nSPS) is 17.3. The zero-order valence-electron chi connectivity index (χ0n) is 12.9. The molecule has 2 aromatic rings. The van der Waals surface area contributed by atoms with Gasteiger partial charge < -0.3 is 4.74 Å². The quantitative estimate of drug-likeness (QED) is 0.871. The highest BCUT2D eigenvalue weighted by molar-refractivity contribution is 5.96. The highest BCUT2D eigenvalue weighted by Crippen LogP contribution is 2.19. The van der Waals surface area contributed by atoms with Gasteiger partial charge in [-0.15, -0.1) is 5.10 Å². The maximum atomic E-state index is 11.8. The first-order valence-electron chi connectivity index (χ1n) is 7.16. The molecule has 1 aromatic carbocycles. The van der Waals surface area contributed by atoms with Crippen molar-refractivity contribution in [2.45, 2.75) is 33.5 Å². The van der Waals surface area contributed by atoms with E-state index in [1.54, 1.807) is 0 Å². The number of hydrazone groups is 1. The molecule has 22 heavy (non-hydrogen) atoms. The van der Waals surface area contributed by atoms with Crippen molar-refractivity contribution in [3.05, 3.63) is 53.3 Å². The van der Waals surface area contributed by atoms with E-state index in [1.807, 2.05) is 54.9 Å². The molecule has 6 heteroatoms. The van der Waals surface area contributed by atoms with Crippen LogP contribution in [0.3, 0.4) is 0 Å². The second kappa shape index (κ2) is 5.63. The molecule has 6 nitrogen and oxygen atoms in total. The van der Waals surface area contributed by atoms with Crippen molar-refractivity contribution in [2.75, 3.05) is 0 Å². The van der Waals surface area contributed by atoms with Crippen molar-refractivity contribution in [1.82, 2.24) is 14.8 Å². The van der Waals surface area contributed by atoms with Crippen LogP contribution < -0.4 is 0 Å². The number of carbonyl (C=O) groups is 1. The Balaban J connectivity index is 1.84. The number of hydrogen-bond acceptors (Lipinski definition) is 4. The second-order valence-electron chi connectivity index (χ2n) is 5.32. The third kappa shape index (κ3) is 2.72. The number of ether oxygens (including phenoxy) is 1. The lowest BCUT2D eigenvalue weighted by atomic mass is 10.2. The van der Waals surface area contributed by atoms with E-state index in [2.05, 4.69) is 10.2 Å². The lowest BCUT2D eigenvalue weighted by Crippen LogP contribution is -2.36. The minimum Gasteiger partial charge on any atom is -0.448 e. The fourth-order valence-electron chi connectivity index (χ4n) is 2.47. The summed E-state index contributed by atoms with van der Waals surface area (Å²) in [5.41, 5.74) is 2.82. The monoisotopic (exact) mass is 298 g/mol. The van der Waals surface area contributed by atoms with Crippen LogP contribution in [0, 0.1) is 13.8 Å². The average Bonchev–Trinajstić information content (AvgIpc) is 3.04. The molecule has 0 saturated carbocycles. The van der Waals surface area contributed by atoms with Gasteiger partial charge in [0.25, 0.3) is 0 Å². The summed E-state index contributed by atoms with van der Waals surface area (Å²) in [6.07, 6.45) is -0.481. The number of amides is 1. The van der Waals surface area contributed by atoms with Gasteiger partial charge in [-0.1, -0.05) is 18.2 Å². The van der Waals surface area contributed by atoms with Gasteiger partial charge in [-0.25, -0.2) is 0 Å². The summed E-state index contributed by atoms with van der Waals surface area (Å²) in [5, 5.41) is 10.1. The van der Waals surface area contributed by atoms with Gasteiger partial charge in [0.05, 0.1) is 12.2 Å². The largest absolute Gasteiger partial charge is 0.448 e. The van der Waals surface area contributed by atoms with Crippen molar-refractivity contribution in [1.29, 1.82) is 0 Å². The van der Waals surface area contributed by atoms with Gasteiger partial charge in [0.1, 0.15) is 0 Å². The van der Waals surface area contributed by atoms with E-state index < -0.39 is 6.23 Å². The molecule has 1 aromatic heterocycles. The number of nitrogens with zero attached hydrogens (tertiary/aromatic N) is 4. The van der Waals surface area contributed by atoms with Crippen molar-refractivity contribution >= 4 is 11.8 Å². The van der Waals surface area contributed by atoms with Gasteiger partial charge in [0.2, 0.25) is 18.0 Å². The van der Waals surface area contributed by atoms with Crippen LogP contribution in [0.5, 0.6) is 0 Å². The van der Waals surface area contributed by atoms with Gasteiger partial charge in [-0.2, -0.15) is 10.1 Å². The highest BCUT2D eigenvalue weighted by Gasteiger charge is 2.32. The topological polar surface area (TPSA) is 59.7 Å². The van der Waals surface area contributed by atoms with E-state index in [4.69, 9.17) is 4.74 Å². The molecule has 1 amide bonds. The molecule has 1 aliphatic rings. The Morgan fingerprint density at radius 2 is 2.00 bits per heavy atom. The summed E-state index contributed by atoms with van der Waals surface area (Å²) in [6.45, 7) is 5.84. The zero-order valence-corrected chi connectivity index (χ0v) is 12.9. The van der Waals surface area contributed by atoms with Gasteiger partial charge in [-0.05, 0) is 32.0 Å². The molecule has 1 unspecified atom stereocenters. The number of aromatic nitrogens is 2. The number of benzene rings is 1. The summed E-state index contributed by atoms with van der Waals surface area (Å²) in [7, 11) is 0. The average molecular weight is 298 g/mol. The minimum absolute atomic E-state index is 0.155. The number of carbonyl (C=O) groups excluding carboxylic acids is 1. The Hall–Kier alpha value is -2.63. The minimum atomic E-state index is -0.481. The number of rotatable bonds is 3. The first-order valence-corrected chi connectivity index (χ1v) is 7.16. The molecule has 1 atom stereocenters. The van der Waals surface area contributed by atoms with Gasteiger partial charge >= 0.3 is 0 Å². The van der Waals surface area contributed by atoms with E-state index in [-0.39, 0.29) is 5.91 Å². The van der Waals surface area contributed by atoms with Crippen LogP contribution in [0.25, 0.3) is 0 Å². The molecule has 0 fully saturated rings. The maximum absolute atomic E-state index is 11.8. The third-order valence-corrected chi connectivity index (χ3v) is 3.49. The van der Waals surface area contributed by atoms with Crippen LogP contribution in [0.2, 0.25) is 0 Å². The Morgan fingerprint density at radius 3 is 2.59 bits per heavy atom. The van der Waals surface area contributed by atoms with Crippen LogP contribution in [-0.4, -0.2) is 32.8 Å². The van der Waals surface area contributed by atoms with E-state index in [0.717, 1.165) is 17.0 Å². The predicted octanol–water partition coefficient (Wildman–Crippen LogP) is 2.07. The van der Waals surface area contributed by atoms with Crippen LogP contribution in [-0.2, 0) is 16.1 Å². The van der Waals surface area contributed by atoms with Crippen LogP contribution in [0.4, 0.5) is 0 Å². The Morgan fingerprint density at radius 1 is 1.27 bits per heavy atom. The SMILES string of the molecule is CC(=O)N1N=C(c2ccccc2)OC1Cn1nc(C)cc1C. The Kier molecular flexibility index (Phi) is 3.66. The fourth-order valence-corrected chi connectivity index (χ4v) is 2.47. The molecular weight excluding hydrogens is 280 g/mol. The summed E-state index contributed by atoms with van der Waals surface area (Å²) < 4.78 is 7.72. The van der Waals surface area contributed by atoms with E-state index >= 15 is 0 Å². The molecule has 0 radical (unpaired) electrons. The van der Waals surface area contributed by atoms with E-state index in [0.29, 0.717) is 12.4 Å².